The second-order valence-corrected chi connectivity index (χ2v) is 4.83. The van der Waals surface area contributed by atoms with Crippen LogP contribution >= 0.6 is 12.4 Å². The lowest BCUT2D eigenvalue weighted by Gasteiger charge is -2.26. The summed E-state index contributed by atoms with van der Waals surface area (Å²) < 4.78 is 0. The van der Waals surface area contributed by atoms with Crippen LogP contribution in [0.5, 0.6) is 0 Å². The summed E-state index contributed by atoms with van der Waals surface area (Å²) in [5, 5.41) is 9.42. The molecule has 114 valence electrons. The molecule has 0 bridgehead atoms. The SMILES string of the molecule is CCCN(CCc1ccccc1)C(=O)[C@@H](N)[C@@H](C)O.Cl. The zero-order valence-electron chi connectivity index (χ0n) is 12.2. The Morgan fingerprint density at radius 1 is 1.30 bits per heavy atom. The number of amides is 1. The Morgan fingerprint density at radius 3 is 2.40 bits per heavy atom. The second-order valence-electron chi connectivity index (χ2n) is 4.83. The number of hydrogen-bond donors (Lipinski definition) is 2. The van der Waals surface area contributed by atoms with Crippen LogP contribution in [0.4, 0.5) is 0 Å². The first-order valence-electron chi connectivity index (χ1n) is 6.82. The smallest absolute Gasteiger partial charge is 0.242 e. The summed E-state index contributed by atoms with van der Waals surface area (Å²) in [5.41, 5.74) is 6.92. The van der Waals surface area contributed by atoms with E-state index in [0.717, 1.165) is 12.8 Å². The van der Waals surface area contributed by atoms with Crippen molar-refractivity contribution in [3.8, 4) is 0 Å². The molecule has 0 aliphatic heterocycles. The van der Waals surface area contributed by atoms with E-state index in [9.17, 15) is 9.90 Å². The Balaban J connectivity index is 0.00000361. The van der Waals surface area contributed by atoms with Crippen LogP contribution in [-0.2, 0) is 11.2 Å². The molecule has 0 saturated heterocycles. The minimum atomic E-state index is -0.831. The molecule has 4 nitrogen and oxygen atoms in total. The highest BCUT2D eigenvalue weighted by atomic mass is 35.5. The van der Waals surface area contributed by atoms with E-state index in [0.29, 0.717) is 13.1 Å². The van der Waals surface area contributed by atoms with Gasteiger partial charge < -0.3 is 15.7 Å². The molecule has 0 unspecified atom stereocenters. The highest BCUT2D eigenvalue weighted by molar-refractivity contribution is 5.85. The third-order valence-corrected chi connectivity index (χ3v) is 3.12. The second kappa shape index (κ2) is 9.75. The van der Waals surface area contributed by atoms with Crippen molar-refractivity contribution < 1.29 is 9.90 Å². The van der Waals surface area contributed by atoms with Crippen LogP contribution in [0.1, 0.15) is 25.8 Å². The van der Waals surface area contributed by atoms with Gasteiger partial charge in [-0.3, -0.25) is 4.79 Å². The summed E-state index contributed by atoms with van der Waals surface area (Å²) in [4.78, 5) is 13.9. The molecule has 20 heavy (non-hydrogen) atoms. The quantitative estimate of drug-likeness (QED) is 0.804. The van der Waals surface area contributed by atoms with Crippen molar-refractivity contribution >= 4 is 18.3 Å². The highest BCUT2D eigenvalue weighted by Crippen LogP contribution is 2.05. The number of aliphatic hydroxyl groups is 1. The molecule has 0 aromatic heterocycles. The van der Waals surface area contributed by atoms with Gasteiger partial charge in [-0.25, -0.2) is 0 Å². The number of aliphatic hydroxyl groups excluding tert-OH is 1. The van der Waals surface area contributed by atoms with E-state index in [2.05, 4.69) is 0 Å². The summed E-state index contributed by atoms with van der Waals surface area (Å²) in [6, 6.07) is 9.21. The first-order valence-corrected chi connectivity index (χ1v) is 6.82. The fraction of sp³-hybridized carbons (Fsp3) is 0.533. The summed E-state index contributed by atoms with van der Waals surface area (Å²) in [5.74, 6) is -0.173. The van der Waals surface area contributed by atoms with Crippen molar-refractivity contribution in [3.05, 3.63) is 35.9 Å². The van der Waals surface area contributed by atoms with Gasteiger partial charge in [0, 0.05) is 13.1 Å². The standard InChI is InChI=1S/C15H24N2O2.ClH/c1-3-10-17(15(19)14(16)12(2)18)11-9-13-7-5-4-6-8-13;/h4-8,12,14,18H,3,9-11,16H2,1-2H3;1H/t12-,14+;/m1./s1. The molecule has 0 heterocycles. The van der Waals surface area contributed by atoms with E-state index in [4.69, 9.17) is 5.73 Å². The lowest BCUT2D eigenvalue weighted by atomic mass is 10.1. The molecule has 2 atom stereocenters. The maximum atomic E-state index is 12.1. The molecule has 1 aromatic carbocycles. The van der Waals surface area contributed by atoms with Crippen molar-refractivity contribution in [2.24, 2.45) is 5.73 Å². The van der Waals surface area contributed by atoms with Gasteiger partial charge in [-0.1, -0.05) is 37.3 Å². The molecule has 1 amide bonds. The van der Waals surface area contributed by atoms with Gasteiger partial charge in [0.05, 0.1) is 6.10 Å². The number of nitrogens with two attached hydrogens (primary N) is 1. The number of nitrogens with zero attached hydrogens (tertiary/aromatic N) is 1. The molecular weight excluding hydrogens is 276 g/mol. The van der Waals surface area contributed by atoms with Crippen molar-refractivity contribution in [3.63, 3.8) is 0 Å². The number of carbonyl (C=O) groups is 1. The molecule has 3 N–H and O–H groups in total. The third kappa shape index (κ3) is 5.90. The van der Waals surface area contributed by atoms with Crippen LogP contribution in [-0.4, -0.2) is 41.1 Å². The lowest BCUT2D eigenvalue weighted by Crippen LogP contribution is -2.50. The third-order valence-electron chi connectivity index (χ3n) is 3.12. The van der Waals surface area contributed by atoms with Crippen LogP contribution < -0.4 is 5.73 Å². The van der Waals surface area contributed by atoms with Crippen LogP contribution in [0.3, 0.4) is 0 Å². The van der Waals surface area contributed by atoms with E-state index >= 15 is 0 Å². The maximum Gasteiger partial charge on any atom is 0.242 e. The average Bonchev–Trinajstić information content (AvgIpc) is 2.42. The van der Waals surface area contributed by atoms with E-state index < -0.39 is 12.1 Å². The van der Waals surface area contributed by atoms with Crippen molar-refractivity contribution in [1.82, 2.24) is 4.90 Å². The normalized spacial score (nSPS) is 13.2. The van der Waals surface area contributed by atoms with Crippen LogP contribution in [0.2, 0.25) is 0 Å². The van der Waals surface area contributed by atoms with Crippen molar-refractivity contribution in [1.29, 1.82) is 0 Å². The number of benzene rings is 1. The van der Waals surface area contributed by atoms with E-state index in [1.165, 1.54) is 5.56 Å². The Bertz CT molecular complexity index is 385. The minimum Gasteiger partial charge on any atom is -0.391 e. The average molecular weight is 301 g/mol. The molecular formula is C15H25ClN2O2. The van der Waals surface area contributed by atoms with Gasteiger partial charge in [0.1, 0.15) is 6.04 Å². The van der Waals surface area contributed by atoms with Gasteiger partial charge in [-0.2, -0.15) is 0 Å². The molecule has 0 aliphatic rings. The predicted octanol–water partition coefficient (Wildman–Crippen LogP) is 1.60. The van der Waals surface area contributed by atoms with Gasteiger partial charge in [0.2, 0.25) is 5.91 Å². The Morgan fingerprint density at radius 2 is 1.90 bits per heavy atom. The zero-order chi connectivity index (χ0) is 14.3. The van der Waals surface area contributed by atoms with Gasteiger partial charge in [0.15, 0.2) is 0 Å². The topological polar surface area (TPSA) is 66.6 Å². The van der Waals surface area contributed by atoms with E-state index in [-0.39, 0.29) is 18.3 Å². The summed E-state index contributed by atoms with van der Waals surface area (Å²) in [6.45, 7) is 4.88. The molecule has 5 heteroatoms. The van der Waals surface area contributed by atoms with Gasteiger partial charge in [0.25, 0.3) is 0 Å². The molecule has 1 rings (SSSR count). The number of carbonyl (C=O) groups excluding carboxylic acids is 1. The van der Waals surface area contributed by atoms with Crippen LogP contribution in [0, 0.1) is 0 Å². The van der Waals surface area contributed by atoms with Crippen molar-refractivity contribution in [2.75, 3.05) is 13.1 Å². The molecule has 0 spiro atoms. The molecule has 0 radical (unpaired) electrons. The fourth-order valence-corrected chi connectivity index (χ4v) is 1.93. The molecule has 0 saturated carbocycles. The van der Waals surface area contributed by atoms with E-state index in [1.54, 1.807) is 11.8 Å². The van der Waals surface area contributed by atoms with E-state index in [1.807, 2.05) is 37.3 Å². The Hall–Kier alpha value is -1.10. The zero-order valence-corrected chi connectivity index (χ0v) is 13.0. The lowest BCUT2D eigenvalue weighted by molar-refractivity contribution is -0.134. The van der Waals surface area contributed by atoms with Gasteiger partial charge in [-0.15, -0.1) is 12.4 Å². The molecule has 0 aliphatic carbocycles. The van der Waals surface area contributed by atoms with Gasteiger partial charge in [-0.05, 0) is 25.3 Å². The summed E-state index contributed by atoms with van der Waals surface area (Å²) >= 11 is 0. The summed E-state index contributed by atoms with van der Waals surface area (Å²) in [6.07, 6.45) is 0.871. The van der Waals surface area contributed by atoms with Crippen LogP contribution in [0.25, 0.3) is 0 Å². The number of rotatable bonds is 7. The molecule has 1 aromatic rings. The number of halogens is 1. The fourth-order valence-electron chi connectivity index (χ4n) is 1.93. The van der Waals surface area contributed by atoms with Crippen LogP contribution in [0.15, 0.2) is 30.3 Å². The predicted molar refractivity (Wildman–Crippen MR) is 83.9 cm³/mol. The monoisotopic (exact) mass is 300 g/mol. The highest BCUT2D eigenvalue weighted by Gasteiger charge is 2.23. The van der Waals surface area contributed by atoms with Crippen molar-refractivity contribution in [2.45, 2.75) is 38.8 Å². The Kier molecular flexibility index (Phi) is 9.21. The Labute approximate surface area is 127 Å². The summed E-state index contributed by atoms with van der Waals surface area (Å²) in [7, 11) is 0. The minimum absolute atomic E-state index is 0. The van der Waals surface area contributed by atoms with Gasteiger partial charge >= 0.3 is 0 Å². The maximum absolute atomic E-state index is 12.1. The number of hydrogen-bond acceptors (Lipinski definition) is 3. The first kappa shape index (κ1) is 18.9. The largest absolute Gasteiger partial charge is 0.391 e. The molecule has 0 fully saturated rings. The first-order chi connectivity index (χ1) is 9.06.